The molecule has 1 aliphatic rings. The molecular weight excluding hydrogens is 485 g/mol. The second-order valence-corrected chi connectivity index (χ2v) is 9.46. The van der Waals surface area contributed by atoms with E-state index in [0.29, 0.717) is 30.4 Å². The van der Waals surface area contributed by atoms with Crippen molar-refractivity contribution in [2.45, 2.75) is 25.8 Å². The molecule has 0 aromatic heterocycles. The summed E-state index contributed by atoms with van der Waals surface area (Å²) in [5.41, 5.74) is -0.845. The zero-order valence-corrected chi connectivity index (χ0v) is 18.6. The van der Waals surface area contributed by atoms with Gasteiger partial charge in [-0.05, 0) is 49.7 Å². The van der Waals surface area contributed by atoms with Crippen LogP contribution in [-0.2, 0) is 10.2 Å². The minimum absolute atomic E-state index is 0.130. The SMILES string of the molecule is CCNC1CCN(S(=O)(=O)Nc2ccc(F)c(F)c2Nc2ccc(Br)cc2F)CC1. The Morgan fingerprint density at radius 2 is 1.73 bits per heavy atom. The first-order valence-corrected chi connectivity index (χ1v) is 11.7. The molecule has 1 saturated heterocycles. The Kier molecular flexibility index (Phi) is 7.27. The number of nitrogens with zero attached hydrogens (tertiary/aromatic N) is 1. The van der Waals surface area contributed by atoms with Gasteiger partial charge in [-0.25, -0.2) is 13.2 Å². The van der Waals surface area contributed by atoms with E-state index in [9.17, 15) is 21.6 Å². The number of rotatable bonds is 7. The lowest BCUT2D eigenvalue weighted by atomic mass is 10.1. The lowest BCUT2D eigenvalue weighted by Gasteiger charge is -2.31. The van der Waals surface area contributed by atoms with Crippen molar-refractivity contribution in [3.63, 3.8) is 0 Å². The van der Waals surface area contributed by atoms with Crippen LogP contribution in [0, 0.1) is 17.5 Å². The molecule has 0 aliphatic carbocycles. The van der Waals surface area contributed by atoms with E-state index in [1.165, 1.54) is 16.4 Å². The highest BCUT2D eigenvalue weighted by Gasteiger charge is 2.29. The fraction of sp³-hybridized carbons (Fsp3) is 0.368. The van der Waals surface area contributed by atoms with E-state index in [-0.39, 0.29) is 17.4 Å². The molecule has 30 heavy (non-hydrogen) atoms. The maximum Gasteiger partial charge on any atom is 0.301 e. The van der Waals surface area contributed by atoms with Gasteiger partial charge >= 0.3 is 10.2 Å². The largest absolute Gasteiger partial charge is 0.349 e. The highest BCUT2D eigenvalue weighted by molar-refractivity contribution is 9.10. The van der Waals surface area contributed by atoms with Crippen molar-refractivity contribution in [3.8, 4) is 0 Å². The Morgan fingerprint density at radius 3 is 2.37 bits per heavy atom. The predicted molar refractivity (Wildman–Crippen MR) is 115 cm³/mol. The number of benzene rings is 2. The zero-order valence-electron chi connectivity index (χ0n) is 16.2. The molecule has 0 amide bonds. The van der Waals surface area contributed by atoms with Gasteiger partial charge in [0.25, 0.3) is 0 Å². The molecule has 0 unspecified atom stereocenters. The smallest absolute Gasteiger partial charge is 0.301 e. The summed E-state index contributed by atoms with van der Waals surface area (Å²) in [6.45, 7) is 3.37. The topological polar surface area (TPSA) is 73.5 Å². The molecule has 0 radical (unpaired) electrons. The minimum Gasteiger partial charge on any atom is -0.349 e. The van der Waals surface area contributed by atoms with Gasteiger partial charge in [-0.15, -0.1) is 0 Å². The first-order valence-electron chi connectivity index (χ1n) is 9.42. The fourth-order valence-electron chi connectivity index (χ4n) is 3.28. The van der Waals surface area contributed by atoms with E-state index < -0.39 is 33.3 Å². The van der Waals surface area contributed by atoms with Gasteiger partial charge in [0.05, 0.1) is 11.4 Å². The number of nitrogens with one attached hydrogen (secondary N) is 3. The fourth-order valence-corrected chi connectivity index (χ4v) is 4.88. The lowest BCUT2D eigenvalue weighted by molar-refractivity contribution is 0.293. The first kappa shape index (κ1) is 22.9. The van der Waals surface area contributed by atoms with Crippen LogP contribution < -0.4 is 15.4 Å². The third-order valence-corrected chi connectivity index (χ3v) is 6.83. The van der Waals surface area contributed by atoms with Crippen LogP contribution in [0.1, 0.15) is 19.8 Å². The molecule has 6 nitrogen and oxygen atoms in total. The molecular formula is C19H22BrF3N4O2S. The molecule has 1 aliphatic heterocycles. The molecule has 0 spiro atoms. The van der Waals surface area contributed by atoms with Gasteiger partial charge in [-0.3, -0.25) is 4.72 Å². The maximum absolute atomic E-state index is 14.5. The van der Waals surface area contributed by atoms with Crippen LogP contribution in [0.4, 0.5) is 30.2 Å². The summed E-state index contributed by atoms with van der Waals surface area (Å²) in [5, 5.41) is 5.74. The van der Waals surface area contributed by atoms with Crippen LogP contribution in [0.3, 0.4) is 0 Å². The van der Waals surface area contributed by atoms with Crippen LogP contribution in [0.15, 0.2) is 34.8 Å². The van der Waals surface area contributed by atoms with Crippen molar-refractivity contribution in [1.29, 1.82) is 0 Å². The first-order chi connectivity index (χ1) is 14.2. The molecule has 3 N–H and O–H groups in total. The van der Waals surface area contributed by atoms with Crippen LogP contribution in [-0.4, -0.2) is 38.4 Å². The Labute approximate surface area is 182 Å². The summed E-state index contributed by atoms with van der Waals surface area (Å²) in [6.07, 6.45) is 1.28. The van der Waals surface area contributed by atoms with E-state index in [2.05, 4.69) is 31.3 Å². The van der Waals surface area contributed by atoms with Gasteiger partial charge in [0.15, 0.2) is 11.6 Å². The molecule has 0 bridgehead atoms. The third kappa shape index (κ3) is 5.26. The second-order valence-electron chi connectivity index (χ2n) is 6.87. The van der Waals surface area contributed by atoms with E-state index in [4.69, 9.17) is 0 Å². The zero-order chi connectivity index (χ0) is 21.9. The third-order valence-electron chi connectivity index (χ3n) is 4.81. The molecule has 1 fully saturated rings. The van der Waals surface area contributed by atoms with E-state index in [1.807, 2.05) is 6.92 Å². The Hall–Kier alpha value is -1.82. The molecule has 2 aromatic carbocycles. The van der Waals surface area contributed by atoms with Gasteiger partial charge in [0.1, 0.15) is 11.5 Å². The minimum atomic E-state index is -4.01. The maximum atomic E-state index is 14.5. The number of halogens is 4. The molecule has 2 aromatic rings. The molecule has 164 valence electrons. The van der Waals surface area contributed by atoms with Crippen molar-refractivity contribution in [3.05, 3.63) is 52.3 Å². The highest BCUT2D eigenvalue weighted by Crippen LogP contribution is 2.33. The van der Waals surface area contributed by atoms with Crippen molar-refractivity contribution in [2.24, 2.45) is 0 Å². The standard InChI is InChI=1S/C19H22BrF3N4O2S/c1-2-24-13-7-9-27(10-8-13)30(28,29)26-17-6-4-14(21)18(23)19(17)25-16-5-3-12(20)11-15(16)22/h3-6,11,13,24-26H,2,7-10H2,1H3. The van der Waals surface area contributed by atoms with Crippen LogP contribution >= 0.6 is 15.9 Å². The summed E-state index contributed by atoms with van der Waals surface area (Å²) in [5.74, 6) is -3.22. The van der Waals surface area contributed by atoms with Gasteiger partial charge in [-0.2, -0.15) is 12.7 Å². The lowest BCUT2D eigenvalue weighted by Crippen LogP contribution is -2.46. The quantitative estimate of drug-likeness (QED) is 0.522. The summed E-state index contributed by atoms with van der Waals surface area (Å²) in [7, 11) is -4.01. The molecule has 0 atom stereocenters. The van der Waals surface area contributed by atoms with E-state index >= 15 is 0 Å². The summed E-state index contributed by atoms with van der Waals surface area (Å²) in [6, 6.07) is 6.14. The van der Waals surface area contributed by atoms with Crippen molar-refractivity contribution >= 4 is 43.2 Å². The van der Waals surface area contributed by atoms with E-state index in [0.717, 1.165) is 24.7 Å². The Bertz CT molecular complexity index is 1020. The second kappa shape index (κ2) is 9.54. The predicted octanol–water partition coefficient (Wildman–Crippen LogP) is 4.34. The number of hydrogen-bond acceptors (Lipinski definition) is 4. The highest BCUT2D eigenvalue weighted by atomic mass is 79.9. The molecule has 0 saturated carbocycles. The monoisotopic (exact) mass is 506 g/mol. The average molecular weight is 507 g/mol. The van der Waals surface area contributed by atoms with Gasteiger partial charge in [0, 0.05) is 23.6 Å². The Morgan fingerprint density at radius 1 is 1.07 bits per heavy atom. The summed E-state index contributed by atoms with van der Waals surface area (Å²) in [4.78, 5) is 0. The number of piperidine rings is 1. The normalized spacial score (nSPS) is 15.9. The van der Waals surface area contributed by atoms with Gasteiger partial charge in [-0.1, -0.05) is 22.9 Å². The van der Waals surface area contributed by atoms with Gasteiger partial charge in [0.2, 0.25) is 0 Å². The van der Waals surface area contributed by atoms with Crippen molar-refractivity contribution in [1.82, 2.24) is 9.62 Å². The van der Waals surface area contributed by atoms with E-state index in [1.54, 1.807) is 0 Å². The summed E-state index contributed by atoms with van der Waals surface area (Å²) < 4.78 is 72.1. The summed E-state index contributed by atoms with van der Waals surface area (Å²) >= 11 is 3.12. The van der Waals surface area contributed by atoms with Crippen LogP contribution in [0.5, 0.6) is 0 Å². The number of hydrogen-bond donors (Lipinski definition) is 3. The molecule has 1 heterocycles. The van der Waals surface area contributed by atoms with Crippen LogP contribution in [0.2, 0.25) is 0 Å². The van der Waals surface area contributed by atoms with Crippen molar-refractivity contribution in [2.75, 3.05) is 29.7 Å². The number of anilines is 3. The molecule has 11 heteroatoms. The Balaban J connectivity index is 1.84. The van der Waals surface area contributed by atoms with Crippen molar-refractivity contribution < 1.29 is 21.6 Å². The average Bonchev–Trinajstić information content (AvgIpc) is 2.70. The van der Waals surface area contributed by atoms with Gasteiger partial charge < -0.3 is 10.6 Å². The molecule has 3 rings (SSSR count). The van der Waals surface area contributed by atoms with Crippen LogP contribution in [0.25, 0.3) is 0 Å².